The molecule has 3 rings (SSSR count). The number of amides is 1. The van der Waals surface area contributed by atoms with Gasteiger partial charge >= 0.3 is 0 Å². The van der Waals surface area contributed by atoms with Crippen LogP contribution in [0.15, 0.2) is 53.5 Å². The van der Waals surface area contributed by atoms with Crippen LogP contribution in [-0.4, -0.2) is 24.5 Å². The minimum Gasteiger partial charge on any atom is -0.475 e. The SMILES string of the molecule is C[C@H]1COC(c2ccccc2NC(=O)c2ccccc2N)=N1. The van der Waals surface area contributed by atoms with Crippen molar-refractivity contribution in [2.45, 2.75) is 13.0 Å². The van der Waals surface area contributed by atoms with E-state index in [4.69, 9.17) is 10.5 Å². The monoisotopic (exact) mass is 295 g/mol. The van der Waals surface area contributed by atoms with Gasteiger partial charge in [0.15, 0.2) is 0 Å². The molecule has 0 saturated heterocycles. The van der Waals surface area contributed by atoms with E-state index in [-0.39, 0.29) is 11.9 Å². The number of aliphatic imine (C=N–C) groups is 1. The fourth-order valence-electron chi connectivity index (χ4n) is 2.29. The maximum absolute atomic E-state index is 12.4. The van der Waals surface area contributed by atoms with Gasteiger partial charge in [0.2, 0.25) is 5.90 Å². The lowest BCUT2D eigenvalue weighted by atomic mass is 10.1. The molecule has 5 heteroatoms. The van der Waals surface area contributed by atoms with Gasteiger partial charge < -0.3 is 15.8 Å². The Hall–Kier alpha value is -2.82. The Morgan fingerprint density at radius 1 is 1.23 bits per heavy atom. The maximum Gasteiger partial charge on any atom is 0.257 e. The van der Waals surface area contributed by atoms with Crippen LogP contribution in [0.25, 0.3) is 0 Å². The maximum atomic E-state index is 12.4. The predicted octanol–water partition coefficient (Wildman–Crippen LogP) is 2.69. The van der Waals surface area contributed by atoms with Gasteiger partial charge in [0.05, 0.1) is 22.9 Å². The lowest BCUT2D eigenvalue weighted by Crippen LogP contribution is -2.16. The summed E-state index contributed by atoms with van der Waals surface area (Å²) in [4.78, 5) is 16.8. The molecule has 0 spiro atoms. The first kappa shape index (κ1) is 14.1. The third kappa shape index (κ3) is 2.79. The molecule has 0 radical (unpaired) electrons. The fraction of sp³-hybridized carbons (Fsp3) is 0.176. The van der Waals surface area contributed by atoms with E-state index in [0.29, 0.717) is 29.4 Å². The molecule has 0 unspecified atom stereocenters. The van der Waals surface area contributed by atoms with Crippen LogP contribution < -0.4 is 11.1 Å². The molecule has 0 bridgehead atoms. The molecule has 0 fully saturated rings. The minimum atomic E-state index is -0.253. The largest absolute Gasteiger partial charge is 0.475 e. The van der Waals surface area contributed by atoms with Crippen molar-refractivity contribution < 1.29 is 9.53 Å². The van der Waals surface area contributed by atoms with E-state index < -0.39 is 0 Å². The highest BCUT2D eigenvalue weighted by Crippen LogP contribution is 2.22. The molecule has 2 aromatic rings. The van der Waals surface area contributed by atoms with E-state index in [1.807, 2.05) is 31.2 Å². The Bertz CT molecular complexity index is 740. The molecule has 112 valence electrons. The van der Waals surface area contributed by atoms with Crippen LogP contribution in [0.1, 0.15) is 22.8 Å². The number of rotatable bonds is 3. The van der Waals surface area contributed by atoms with E-state index in [2.05, 4.69) is 10.3 Å². The number of carbonyl (C=O) groups excluding carboxylic acids is 1. The van der Waals surface area contributed by atoms with Crippen LogP contribution in [0.5, 0.6) is 0 Å². The summed E-state index contributed by atoms with van der Waals surface area (Å²) in [5, 5.41) is 2.88. The highest BCUT2D eigenvalue weighted by atomic mass is 16.5. The summed E-state index contributed by atoms with van der Waals surface area (Å²) in [7, 11) is 0. The molecule has 5 nitrogen and oxygen atoms in total. The summed E-state index contributed by atoms with van der Waals surface area (Å²) >= 11 is 0. The second-order valence-corrected chi connectivity index (χ2v) is 5.18. The summed E-state index contributed by atoms with van der Waals surface area (Å²) in [6, 6.07) is 14.5. The normalized spacial score (nSPS) is 16.8. The van der Waals surface area contributed by atoms with Crippen LogP contribution in [0.2, 0.25) is 0 Å². The second kappa shape index (κ2) is 5.89. The van der Waals surface area contributed by atoms with Crippen LogP contribution in [0.3, 0.4) is 0 Å². The molecule has 22 heavy (non-hydrogen) atoms. The smallest absolute Gasteiger partial charge is 0.257 e. The number of nitrogens with two attached hydrogens (primary N) is 1. The average molecular weight is 295 g/mol. The molecular weight excluding hydrogens is 278 g/mol. The predicted molar refractivity (Wildman–Crippen MR) is 87.2 cm³/mol. The van der Waals surface area contributed by atoms with Crippen molar-refractivity contribution in [1.82, 2.24) is 0 Å². The van der Waals surface area contributed by atoms with Gasteiger partial charge in [-0.05, 0) is 31.2 Å². The van der Waals surface area contributed by atoms with Crippen molar-refractivity contribution in [3.63, 3.8) is 0 Å². The quantitative estimate of drug-likeness (QED) is 0.855. The molecular formula is C17H17N3O2. The van der Waals surface area contributed by atoms with Crippen LogP contribution >= 0.6 is 0 Å². The van der Waals surface area contributed by atoms with Gasteiger partial charge in [0.1, 0.15) is 6.61 Å². The number of nitrogens with one attached hydrogen (secondary N) is 1. The minimum absolute atomic E-state index is 0.128. The Morgan fingerprint density at radius 3 is 2.68 bits per heavy atom. The fourth-order valence-corrected chi connectivity index (χ4v) is 2.29. The van der Waals surface area contributed by atoms with Crippen molar-refractivity contribution in [3.05, 3.63) is 59.7 Å². The molecule has 0 aromatic heterocycles. The molecule has 1 aliphatic heterocycles. The number of hydrogen-bond donors (Lipinski definition) is 2. The van der Waals surface area contributed by atoms with Crippen molar-refractivity contribution in [2.24, 2.45) is 4.99 Å². The van der Waals surface area contributed by atoms with Gasteiger partial charge in [-0.1, -0.05) is 24.3 Å². The first-order valence-electron chi connectivity index (χ1n) is 7.11. The van der Waals surface area contributed by atoms with Crippen molar-refractivity contribution in [1.29, 1.82) is 0 Å². The molecule has 0 aliphatic carbocycles. The third-order valence-electron chi connectivity index (χ3n) is 3.41. The summed E-state index contributed by atoms with van der Waals surface area (Å²) in [6.45, 7) is 2.54. The Kier molecular flexibility index (Phi) is 3.78. The van der Waals surface area contributed by atoms with E-state index in [1.54, 1.807) is 24.3 Å². The Morgan fingerprint density at radius 2 is 1.95 bits per heavy atom. The molecule has 1 atom stereocenters. The molecule has 1 amide bonds. The summed E-state index contributed by atoms with van der Waals surface area (Å²) in [5.74, 6) is 0.307. The highest BCUT2D eigenvalue weighted by Gasteiger charge is 2.20. The first-order valence-corrected chi connectivity index (χ1v) is 7.11. The number of nitrogen functional groups attached to an aromatic ring is 1. The number of benzene rings is 2. The van der Waals surface area contributed by atoms with Gasteiger partial charge in [-0.25, -0.2) is 4.99 Å². The van der Waals surface area contributed by atoms with Gasteiger partial charge in [-0.2, -0.15) is 0 Å². The van der Waals surface area contributed by atoms with Crippen LogP contribution in [-0.2, 0) is 4.74 Å². The number of hydrogen-bond acceptors (Lipinski definition) is 4. The first-order chi connectivity index (χ1) is 10.6. The van der Waals surface area contributed by atoms with E-state index in [1.165, 1.54) is 0 Å². The van der Waals surface area contributed by atoms with Crippen molar-refractivity contribution in [2.75, 3.05) is 17.7 Å². The molecule has 1 aliphatic rings. The third-order valence-corrected chi connectivity index (χ3v) is 3.41. The summed E-state index contributed by atoms with van der Waals surface area (Å²) in [5.41, 5.74) is 8.16. The van der Waals surface area contributed by atoms with E-state index in [9.17, 15) is 4.79 Å². The number of anilines is 2. The zero-order valence-electron chi connectivity index (χ0n) is 12.2. The van der Waals surface area contributed by atoms with Crippen molar-refractivity contribution in [3.8, 4) is 0 Å². The molecule has 0 saturated carbocycles. The number of ether oxygens (including phenoxy) is 1. The van der Waals surface area contributed by atoms with Gasteiger partial charge in [0, 0.05) is 5.69 Å². The molecule has 1 heterocycles. The van der Waals surface area contributed by atoms with Gasteiger partial charge in [-0.3, -0.25) is 4.79 Å². The van der Waals surface area contributed by atoms with Gasteiger partial charge in [0.25, 0.3) is 5.91 Å². The molecule has 3 N–H and O–H groups in total. The number of carbonyl (C=O) groups is 1. The van der Waals surface area contributed by atoms with Crippen LogP contribution in [0, 0.1) is 0 Å². The average Bonchev–Trinajstić information content (AvgIpc) is 2.94. The lowest BCUT2D eigenvalue weighted by molar-refractivity contribution is 0.102. The van der Waals surface area contributed by atoms with E-state index in [0.717, 1.165) is 5.56 Å². The summed E-state index contributed by atoms with van der Waals surface area (Å²) in [6.07, 6.45) is 0. The van der Waals surface area contributed by atoms with Crippen molar-refractivity contribution >= 4 is 23.2 Å². The zero-order valence-corrected chi connectivity index (χ0v) is 12.2. The molecule has 2 aromatic carbocycles. The number of nitrogens with zero attached hydrogens (tertiary/aromatic N) is 1. The Labute approximate surface area is 128 Å². The second-order valence-electron chi connectivity index (χ2n) is 5.18. The highest BCUT2D eigenvalue weighted by molar-refractivity contribution is 6.11. The number of para-hydroxylation sites is 2. The zero-order chi connectivity index (χ0) is 15.5. The van der Waals surface area contributed by atoms with E-state index >= 15 is 0 Å². The standard InChI is InChI=1S/C17H17N3O2/c1-11-10-22-17(19-11)13-7-3-5-9-15(13)20-16(21)12-6-2-4-8-14(12)18/h2-9,11H,10,18H2,1H3,(H,20,21)/t11-/m0/s1. The lowest BCUT2D eigenvalue weighted by Gasteiger charge is -2.11. The Balaban J connectivity index is 1.89. The van der Waals surface area contributed by atoms with Crippen LogP contribution in [0.4, 0.5) is 11.4 Å². The van der Waals surface area contributed by atoms with Gasteiger partial charge in [-0.15, -0.1) is 0 Å². The summed E-state index contributed by atoms with van der Waals surface area (Å²) < 4.78 is 5.58. The topological polar surface area (TPSA) is 76.7 Å².